The number of aromatic amines is 1. The fourth-order valence-electron chi connectivity index (χ4n) is 2.76. The van der Waals surface area contributed by atoms with Gasteiger partial charge in [0.25, 0.3) is 0 Å². The molecule has 0 aliphatic heterocycles. The maximum absolute atomic E-state index is 10.7. The van der Waals surface area contributed by atoms with Crippen molar-refractivity contribution in [3.63, 3.8) is 0 Å². The molecule has 3 aromatic rings. The number of guanidine groups is 1. The number of aliphatic imine (C=N–C) groups is 1. The highest BCUT2D eigenvalue weighted by atomic mass is 127. The summed E-state index contributed by atoms with van der Waals surface area (Å²) in [4.78, 5) is 12.3. The highest BCUT2D eigenvalue weighted by Gasteiger charge is 2.25. The summed E-state index contributed by atoms with van der Waals surface area (Å²) in [7, 11) is 1.82. The van der Waals surface area contributed by atoms with Crippen molar-refractivity contribution in [2.75, 3.05) is 13.1 Å². The van der Waals surface area contributed by atoms with Crippen LogP contribution in [-0.2, 0) is 19.2 Å². The number of hydrogen-bond acceptors (Lipinski definition) is 4. The van der Waals surface area contributed by atoms with Crippen LogP contribution in [0.4, 0.5) is 0 Å². The maximum atomic E-state index is 10.7. The van der Waals surface area contributed by atoms with E-state index < -0.39 is 5.60 Å². The third kappa shape index (κ3) is 6.29. The van der Waals surface area contributed by atoms with Crippen LogP contribution in [0, 0.1) is 0 Å². The number of rotatable bonds is 7. The van der Waals surface area contributed by atoms with Crippen molar-refractivity contribution >= 4 is 29.9 Å². The fourth-order valence-corrected chi connectivity index (χ4v) is 2.76. The molecule has 1 unspecified atom stereocenters. The maximum Gasteiger partial charge on any atom is 0.191 e. The van der Waals surface area contributed by atoms with Gasteiger partial charge < -0.3 is 20.7 Å². The van der Waals surface area contributed by atoms with Crippen LogP contribution in [-0.4, -0.2) is 43.9 Å². The number of hydrogen-bond donors (Lipinski definition) is 4. The molecule has 3 rings (SSSR count). The van der Waals surface area contributed by atoms with Gasteiger partial charge in [0.1, 0.15) is 18.0 Å². The minimum absolute atomic E-state index is 0. The predicted molar refractivity (Wildman–Crippen MR) is 125 cm³/mol. The summed E-state index contributed by atoms with van der Waals surface area (Å²) in [5, 5.41) is 21.2. The molecule has 4 N–H and O–H groups in total. The van der Waals surface area contributed by atoms with Gasteiger partial charge in [0.05, 0.1) is 24.6 Å². The Labute approximate surface area is 187 Å². The van der Waals surface area contributed by atoms with Crippen molar-refractivity contribution in [1.82, 2.24) is 30.4 Å². The van der Waals surface area contributed by atoms with Crippen LogP contribution in [0.15, 0.2) is 53.9 Å². The highest BCUT2D eigenvalue weighted by molar-refractivity contribution is 14.0. The lowest BCUT2D eigenvalue weighted by atomic mass is 10.00. The Morgan fingerprint density at radius 1 is 1.24 bits per heavy atom. The molecule has 0 spiro atoms. The first-order chi connectivity index (χ1) is 13.5. The Morgan fingerprint density at radius 3 is 2.66 bits per heavy atom. The second-order valence-corrected chi connectivity index (χ2v) is 6.83. The van der Waals surface area contributed by atoms with Gasteiger partial charge in [-0.2, -0.15) is 5.10 Å². The summed E-state index contributed by atoms with van der Waals surface area (Å²) in [6, 6.07) is 10.0. The number of aliphatic hydroxyl groups is 1. The zero-order chi connectivity index (χ0) is 20.0. The summed E-state index contributed by atoms with van der Waals surface area (Å²) in [6.07, 6.45) is 5.28. The van der Waals surface area contributed by atoms with E-state index in [1.807, 2.05) is 50.5 Å². The molecule has 156 valence electrons. The SMILES string of the molecule is CCNC(=NCc1ncc(-c2ccccc2)[nH]1)NCC(C)(O)c1cnn(C)c1.I. The van der Waals surface area contributed by atoms with E-state index in [1.165, 1.54) is 0 Å². The minimum Gasteiger partial charge on any atom is -0.383 e. The van der Waals surface area contributed by atoms with Crippen LogP contribution in [0.25, 0.3) is 11.3 Å². The van der Waals surface area contributed by atoms with Crippen LogP contribution in [0.3, 0.4) is 0 Å². The minimum atomic E-state index is -1.06. The molecule has 2 aromatic heterocycles. The molecular weight excluding hydrogens is 481 g/mol. The molecule has 0 fully saturated rings. The Bertz CT molecular complexity index is 918. The standard InChI is InChI=1S/C20H27N7O.HI/c1-4-21-19(24-14-20(2,28)16-10-25-27(3)13-16)23-12-18-22-11-17(26-18)15-8-6-5-7-9-15;/h5-11,13,28H,4,12,14H2,1-3H3,(H,22,26)(H2,21,23,24);1H. The Hall–Kier alpha value is -2.40. The molecule has 8 nitrogen and oxygen atoms in total. The van der Waals surface area contributed by atoms with E-state index in [-0.39, 0.29) is 24.0 Å². The molecule has 0 bridgehead atoms. The van der Waals surface area contributed by atoms with Gasteiger partial charge in [0.2, 0.25) is 0 Å². The van der Waals surface area contributed by atoms with Crippen molar-refractivity contribution in [1.29, 1.82) is 0 Å². The number of imidazole rings is 1. The van der Waals surface area contributed by atoms with Gasteiger partial charge in [-0.05, 0) is 19.4 Å². The molecule has 1 aromatic carbocycles. The van der Waals surface area contributed by atoms with Gasteiger partial charge in [-0.15, -0.1) is 24.0 Å². The van der Waals surface area contributed by atoms with Gasteiger partial charge in [-0.25, -0.2) is 9.98 Å². The monoisotopic (exact) mass is 509 g/mol. The van der Waals surface area contributed by atoms with Crippen molar-refractivity contribution in [2.45, 2.75) is 26.0 Å². The van der Waals surface area contributed by atoms with Crippen molar-refractivity contribution in [2.24, 2.45) is 12.0 Å². The second kappa shape index (κ2) is 10.4. The molecule has 0 radical (unpaired) electrons. The first-order valence-electron chi connectivity index (χ1n) is 9.31. The molecule has 0 saturated heterocycles. The summed E-state index contributed by atoms with van der Waals surface area (Å²) in [5.41, 5.74) is 1.73. The van der Waals surface area contributed by atoms with Crippen molar-refractivity contribution < 1.29 is 5.11 Å². The Morgan fingerprint density at radius 2 is 2.00 bits per heavy atom. The average Bonchev–Trinajstić information content (AvgIpc) is 3.34. The van der Waals surface area contributed by atoms with Crippen LogP contribution in [0.1, 0.15) is 25.2 Å². The van der Waals surface area contributed by atoms with Gasteiger partial charge in [-0.3, -0.25) is 4.68 Å². The van der Waals surface area contributed by atoms with Crippen LogP contribution >= 0.6 is 24.0 Å². The number of aromatic nitrogens is 4. The van der Waals surface area contributed by atoms with Gasteiger partial charge in [0.15, 0.2) is 5.96 Å². The summed E-state index contributed by atoms with van der Waals surface area (Å²) >= 11 is 0. The topological polar surface area (TPSA) is 103 Å². The highest BCUT2D eigenvalue weighted by Crippen LogP contribution is 2.18. The Balaban J connectivity index is 0.00000300. The molecule has 9 heteroatoms. The number of nitrogens with one attached hydrogen (secondary N) is 3. The first-order valence-corrected chi connectivity index (χ1v) is 9.31. The van der Waals surface area contributed by atoms with Gasteiger partial charge in [0, 0.05) is 25.4 Å². The second-order valence-electron chi connectivity index (χ2n) is 6.83. The number of nitrogens with zero attached hydrogens (tertiary/aromatic N) is 4. The molecule has 0 saturated carbocycles. The third-order valence-electron chi connectivity index (χ3n) is 4.37. The van der Waals surface area contributed by atoms with E-state index in [0.717, 1.165) is 22.6 Å². The zero-order valence-electron chi connectivity index (χ0n) is 16.9. The van der Waals surface area contributed by atoms with E-state index in [2.05, 4.69) is 30.7 Å². The molecule has 29 heavy (non-hydrogen) atoms. The number of benzene rings is 1. The van der Waals surface area contributed by atoms with E-state index >= 15 is 0 Å². The lowest BCUT2D eigenvalue weighted by Gasteiger charge is -2.23. The zero-order valence-corrected chi connectivity index (χ0v) is 19.2. The number of halogens is 1. The van der Waals surface area contributed by atoms with Gasteiger partial charge >= 0.3 is 0 Å². The molecular formula is C20H28IN7O. The van der Waals surface area contributed by atoms with E-state index in [1.54, 1.807) is 24.0 Å². The quantitative estimate of drug-likeness (QED) is 0.223. The first kappa shape index (κ1) is 22.9. The average molecular weight is 509 g/mol. The summed E-state index contributed by atoms with van der Waals surface area (Å²) in [6.45, 7) is 5.17. The molecule has 0 aliphatic carbocycles. The number of H-pyrrole nitrogens is 1. The summed E-state index contributed by atoms with van der Waals surface area (Å²) < 4.78 is 1.67. The van der Waals surface area contributed by atoms with Crippen LogP contribution in [0.2, 0.25) is 0 Å². The van der Waals surface area contributed by atoms with E-state index in [0.29, 0.717) is 25.6 Å². The largest absolute Gasteiger partial charge is 0.383 e. The lowest BCUT2D eigenvalue weighted by Crippen LogP contribution is -2.44. The van der Waals surface area contributed by atoms with E-state index in [4.69, 9.17) is 0 Å². The molecule has 2 heterocycles. The lowest BCUT2D eigenvalue weighted by molar-refractivity contribution is 0.0616. The predicted octanol–water partition coefficient (Wildman–Crippen LogP) is 2.39. The van der Waals surface area contributed by atoms with Crippen molar-refractivity contribution in [3.05, 3.63) is 60.3 Å². The molecule has 0 aliphatic rings. The van der Waals surface area contributed by atoms with E-state index in [9.17, 15) is 5.11 Å². The molecule has 0 amide bonds. The van der Waals surface area contributed by atoms with Crippen LogP contribution in [0.5, 0.6) is 0 Å². The number of aryl methyl sites for hydroxylation is 1. The van der Waals surface area contributed by atoms with Crippen LogP contribution < -0.4 is 10.6 Å². The van der Waals surface area contributed by atoms with Gasteiger partial charge in [-0.1, -0.05) is 30.3 Å². The third-order valence-corrected chi connectivity index (χ3v) is 4.37. The smallest absolute Gasteiger partial charge is 0.191 e. The molecule has 1 atom stereocenters. The fraction of sp³-hybridized carbons (Fsp3) is 0.350. The van der Waals surface area contributed by atoms with Crippen molar-refractivity contribution in [3.8, 4) is 11.3 Å². The Kier molecular flexibility index (Phi) is 8.21. The summed E-state index contributed by atoms with van der Waals surface area (Å²) in [5.74, 6) is 1.39. The normalized spacial score (nSPS) is 13.4.